The van der Waals surface area contributed by atoms with Crippen LogP contribution in [0.5, 0.6) is 0 Å². The van der Waals surface area contributed by atoms with Crippen LogP contribution in [0.15, 0.2) is 23.1 Å². The van der Waals surface area contributed by atoms with E-state index < -0.39 is 0 Å². The molecule has 0 aliphatic rings. The van der Waals surface area contributed by atoms with Crippen LogP contribution in [0.25, 0.3) is 0 Å². The summed E-state index contributed by atoms with van der Waals surface area (Å²) < 4.78 is 5.42. The molecular weight excluding hydrogens is 192 g/mol. The predicted octanol–water partition coefficient (Wildman–Crippen LogP) is 1.56. The van der Waals surface area contributed by atoms with Crippen LogP contribution < -0.4 is 5.32 Å². The van der Waals surface area contributed by atoms with Crippen molar-refractivity contribution >= 4 is 0 Å². The van der Waals surface area contributed by atoms with E-state index in [9.17, 15) is 0 Å². The summed E-state index contributed by atoms with van der Waals surface area (Å²) in [5, 5.41) is 3.29. The zero-order chi connectivity index (χ0) is 10.7. The fourth-order valence-corrected chi connectivity index (χ4v) is 1.30. The second kappa shape index (κ2) is 4.27. The SMILES string of the molecule is Cc1cnc(C(C)NCc2cnc[nH]2)o1. The Hall–Kier alpha value is -1.62. The maximum atomic E-state index is 5.42. The van der Waals surface area contributed by atoms with E-state index in [1.54, 1.807) is 18.7 Å². The molecule has 0 fully saturated rings. The standard InChI is InChI=1S/C10H14N4O/c1-7-3-13-10(15-7)8(2)12-5-9-4-11-6-14-9/h3-4,6,8,12H,5H2,1-2H3,(H,11,14). The number of nitrogens with one attached hydrogen (secondary N) is 2. The molecule has 5 heteroatoms. The maximum absolute atomic E-state index is 5.42. The lowest BCUT2D eigenvalue weighted by molar-refractivity contribution is 0.401. The summed E-state index contributed by atoms with van der Waals surface area (Å²) >= 11 is 0. The average Bonchev–Trinajstić information content (AvgIpc) is 2.84. The first-order chi connectivity index (χ1) is 7.25. The van der Waals surface area contributed by atoms with Crippen LogP contribution >= 0.6 is 0 Å². The van der Waals surface area contributed by atoms with Gasteiger partial charge >= 0.3 is 0 Å². The molecule has 2 N–H and O–H groups in total. The smallest absolute Gasteiger partial charge is 0.211 e. The molecule has 0 bridgehead atoms. The highest BCUT2D eigenvalue weighted by Gasteiger charge is 2.10. The highest BCUT2D eigenvalue weighted by atomic mass is 16.4. The van der Waals surface area contributed by atoms with Crippen LogP contribution in [-0.4, -0.2) is 15.0 Å². The summed E-state index contributed by atoms with van der Waals surface area (Å²) in [6.45, 7) is 4.63. The van der Waals surface area contributed by atoms with Gasteiger partial charge in [0.15, 0.2) is 0 Å². The van der Waals surface area contributed by atoms with Gasteiger partial charge in [-0.2, -0.15) is 0 Å². The van der Waals surface area contributed by atoms with Crippen molar-refractivity contribution in [2.24, 2.45) is 0 Å². The largest absolute Gasteiger partial charge is 0.444 e. The van der Waals surface area contributed by atoms with Crippen molar-refractivity contribution in [3.8, 4) is 0 Å². The van der Waals surface area contributed by atoms with Crippen molar-refractivity contribution in [2.45, 2.75) is 26.4 Å². The zero-order valence-corrected chi connectivity index (χ0v) is 8.82. The molecule has 80 valence electrons. The molecule has 0 aliphatic heterocycles. The third-order valence-corrected chi connectivity index (χ3v) is 2.16. The van der Waals surface area contributed by atoms with Gasteiger partial charge in [0.25, 0.3) is 0 Å². The topological polar surface area (TPSA) is 66.7 Å². The molecule has 0 saturated heterocycles. The van der Waals surface area contributed by atoms with Crippen LogP contribution in [-0.2, 0) is 6.54 Å². The lowest BCUT2D eigenvalue weighted by Crippen LogP contribution is -2.18. The monoisotopic (exact) mass is 206 g/mol. The van der Waals surface area contributed by atoms with Gasteiger partial charge in [0.05, 0.1) is 18.6 Å². The van der Waals surface area contributed by atoms with Crippen molar-refractivity contribution in [1.82, 2.24) is 20.3 Å². The van der Waals surface area contributed by atoms with Crippen LogP contribution in [0.4, 0.5) is 0 Å². The van der Waals surface area contributed by atoms with Gasteiger partial charge in [0.2, 0.25) is 5.89 Å². The number of rotatable bonds is 4. The Balaban J connectivity index is 1.90. The van der Waals surface area contributed by atoms with Gasteiger partial charge in [0, 0.05) is 18.4 Å². The summed E-state index contributed by atoms with van der Waals surface area (Å²) in [5.74, 6) is 1.55. The Morgan fingerprint density at radius 2 is 2.40 bits per heavy atom. The number of oxazole rings is 1. The highest BCUT2D eigenvalue weighted by Crippen LogP contribution is 2.12. The van der Waals surface area contributed by atoms with E-state index in [0.29, 0.717) is 5.89 Å². The molecule has 2 heterocycles. The molecule has 0 aliphatic carbocycles. The molecule has 0 saturated carbocycles. The first-order valence-corrected chi connectivity index (χ1v) is 4.88. The summed E-state index contributed by atoms with van der Waals surface area (Å²) in [5.41, 5.74) is 1.05. The number of hydrogen-bond acceptors (Lipinski definition) is 4. The molecule has 1 unspecified atom stereocenters. The molecule has 1 atom stereocenters. The molecule has 2 rings (SSSR count). The number of aromatic amines is 1. The third kappa shape index (κ3) is 2.44. The Bertz CT molecular complexity index is 407. The summed E-state index contributed by atoms with van der Waals surface area (Å²) in [4.78, 5) is 11.1. The molecular formula is C10H14N4O. The Morgan fingerprint density at radius 1 is 1.53 bits per heavy atom. The number of nitrogens with zero attached hydrogens (tertiary/aromatic N) is 2. The van der Waals surface area contributed by atoms with E-state index in [2.05, 4.69) is 20.3 Å². The van der Waals surface area contributed by atoms with Crippen LogP contribution in [0.3, 0.4) is 0 Å². The van der Waals surface area contributed by atoms with E-state index in [1.807, 2.05) is 13.8 Å². The van der Waals surface area contributed by atoms with Crippen molar-refractivity contribution in [1.29, 1.82) is 0 Å². The second-order valence-electron chi connectivity index (χ2n) is 3.49. The van der Waals surface area contributed by atoms with E-state index >= 15 is 0 Å². The average molecular weight is 206 g/mol. The van der Waals surface area contributed by atoms with Gasteiger partial charge in [-0.05, 0) is 13.8 Å². The molecule has 0 spiro atoms. The fourth-order valence-electron chi connectivity index (χ4n) is 1.30. The van der Waals surface area contributed by atoms with Crippen molar-refractivity contribution in [2.75, 3.05) is 0 Å². The van der Waals surface area contributed by atoms with E-state index in [4.69, 9.17) is 4.42 Å². The number of hydrogen-bond donors (Lipinski definition) is 2. The van der Waals surface area contributed by atoms with Gasteiger partial charge in [-0.1, -0.05) is 0 Å². The predicted molar refractivity (Wildman–Crippen MR) is 55.1 cm³/mol. The number of aryl methyl sites for hydroxylation is 1. The van der Waals surface area contributed by atoms with E-state index in [1.165, 1.54) is 0 Å². The minimum absolute atomic E-state index is 0.0991. The zero-order valence-electron chi connectivity index (χ0n) is 8.82. The number of imidazole rings is 1. The van der Waals surface area contributed by atoms with Gasteiger partial charge in [-0.15, -0.1) is 0 Å². The van der Waals surface area contributed by atoms with E-state index in [0.717, 1.165) is 18.0 Å². The molecule has 0 radical (unpaired) electrons. The molecule has 15 heavy (non-hydrogen) atoms. The molecule has 5 nitrogen and oxygen atoms in total. The third-order valence-electron chi connectivity index (χ3n) is 2.16. The number of aromatic nitrogens is 3. The Morgan fingerprint density at radius 3 is 3.00 bits per heavy atom. The lowest BCUT2D eigenvalue weighted by atomic mass is 10.3. The molecule has 2 aromatic heterocycles. The minimum atomic E-state index is 0.0991. The molecule has 0 aromatic carbocycles. The number of H-pyrrole nitrogens is 1. The van der Waals surface area contributed by atoms with Gasteiger partial charge in [0.1, 0.15) is 5.76 Å². The Kier molecular flexibility index (Phi) is 2.82. The minimum Gasteiger partial charge on any atom is -0.444 e. The second-order valence-corrected chi connectivity index (χ2v) is 3.49. The molecule has 0 amide bonds. The maximum Gasteiger partial charge on any atom is 0.211 e. The summed E-state index contributed by atoms with van der Waals surface area (Å²) in [6, 6.07) is 0.0991. The lowest BCUT2D eigenvalue weighted by Gasteiger charge is -2.08. The van der Waals surface area contributed by atoms with Crippen molar-refractivity contribution < 1.29 is 4.42 Å². The first-order valence-electron chi connectivity index (χ1n) is 4.88. The van der Waals surface area contributed by atoms with Crippen molar-refractivity contribution in [3.05, 3.63) is 36.1 Å². The van der Waals surface area contributed by atoms with E-state index in [-0.39, 0.29) is 6.04 Å². The Labute approximate surface area is 87.9 Å². The van der Waals surface area contributed by atoms with Crippen molar-refractivity contribution in [3.63, 3.8) is 0 Å². The van der Waals surface area contributed by atoms with Crippen LogP contribution in [0, 0.1) is 6.92 Å². The normalized spacial score (nSPS) is 12.9. The van der Waals surface area contributed by atoms with Crippen LogP contribution in [0.1, 0.15) is 30.3 Å². The van der Waals surface area contributed by atoms with Crippen LogP contribution in [0.2, 0.25) is 0 Å². The summed E-state index contributed by atoms with van der Waals surface area (Å²) in [6.07, 6.45) is 5.18. The quantitative estimate of drug-likeness (QED) is 0.796. The molecule has 2 aromatic rings. The summed E-state index contributed by atoms with van der Waals surface area (Å²) in [7, 11) is 0. The fraction of sp³-hybridized carbons (Fsp3) is 0.400. The van der Waals surface area contributed by atoms with Gasteiger partial charge in [-0.25, -0.2) is 9.97 Å². The highest BCUT2D eigenvalue weighted by molar-refractivity contribution is 4.98. The first kappa shape index (κ1) is 9.92. The van der Waals surface area contributed by atoms with Gasteiger partial charge < -0.3 is 14.7 Å². The van der Waals surface area contributed by atoms with Gasteiger partial charge in [-0.3, -0.25) is 0 Å².